The Balaban J connectivity index is 2.59. The number of aromatic nitrogens is 3. The summed E-state index contributed by atoms with van der Waals surface area (Å²) in [7, 11) is 0. The summed E-state index contributed by atoms with van der Waals surface area (Å²) < 4.78 is 0. The van der Waals surface area contributed by atoms with Gasteiger partial charge in [0.2, 0.25) is 0 Å². The molecule has 13 heavy (non-hydrogen) atoms. The molecule has 5 nitrogen and oxygen atoms in total. The summed E-state index contributed by atoms with van der Waals surface area (Å²) in [5, 5.41) is 2.46. The van der Waals surface area contributed by atoms with Crippen LogP contribution in [-0.2, 0) is 0 Å². The summed E-state index contributed by atoms with van der Waals surface area (Å²) in [6.07, 6.45) is 1.64. The summed E-state index contributed by atoms with van der Waals surface area (Å²) in [5.74, 6) is 0.619. The van der Waals surface area contributed by atoms with Crippen molar-refractivity contribution in [3.63, 3.8) is 0 Å². The van der Waals surface area contributed by atoms with Crippen molar-refractivity contribution in [3.05, 3.63) is 28.0 Å². The van der Waals surface area contributed by atoms with Crippen molar-refractivity contribution in [3.8, 4) is 10.8 Å². The first-order valence-corrected chi connectivity index (χ1v) is 4.40. The molecule has 0 spiro atoms. The van der Waals surface area contributed by atoms with Crippen LogP contribution in [0.3, 0.4) is 0 Å². The first-order chi connectivity index (χ1) is 6.25. The maximum Gasteiger partial charge on any atom is 0.253 e. The first kappa shape index (κ1) is 7.93. The maximum atomic E-state index is 11.0. The van der Waals surface area contributed by atoms with Crippen molar-refractivity contribution in [1.29, 1.82) is 0 Å². The Morgan fingerprint density at radius 2 is 2.38 bits per heavy atom. The van der Waals surface area contributed by atoms with Crippen LogP contribution in [0.25, 0.3) is 10.8 Å². The third-order valence-electron chi connectivity index (χ3n) is 1.40. The zero-order chi connectivity index (χ0) is 9.26. The van der Waals surface area contributed by atoms with Gasteiger partial charge in [0.05, 0.1) is 0 Å². The number of anilines is 1. The highest BCUT2D eigenvalue weighted by atomic mass is 32.1. The molecule has 0 radical (unpaired) electrons. The second-order valence-electron chi connectivity index (χ2n) is 2.36. The van der Waals surface area contributed by atoms with Crippen molar-refractivity contribution in [2.45, 2.75) is 0 Å². The van der Waals surface area contributed by atoms with Crippen LogP contribution in [0.1, 0.15) is 0 Å². The van der Waals surface area contributed by atoms with Crippen LogP contribution in [0.2, 0.25) is 0 Å². The molecule has 0 amide bonds. The van der Waals surface area contributed by atoms with Gasteiger partial charge < -0.3 is 10.7 Å². The van der Waals surface area contributed by atoms with Gasteiger partial charge in [-0.15, -0.1) is 11.3 Å². The lowest BCUT2D eigenvalue weighted by Gasteiger charge is -1.95. The summed E-state index contributed by atoms with van der Waals surface area (Å²) in [5.41, 5.74) is 5.15. The van der Waals surface area contributed by atoms with Crippen LogP contribution >= 0.6 is 11.3 Å². The Bertz CT molecular complexity index is 462. The first-order valence-electron chi connectivity index (χ1n) is 3.52. The molecule has 2 heterocycles. The van der Waals surface area contributed by atoms with E-state index in [9.17, 15) is 4.79 Å². The minimum absolute atomic E-state index is 0.203. The fourth-order valence-corrected chi connectivity index (χ4v) is 1.50. The van der Waals surface area contributed by atoms with E-state index < -0.39 is 0 Å². The van der Waals surface area contributed by atoms with Crippen LogP contribution in [0.5, 0.6) is 0 Å². The number of thiazole rings is 1. The summed E-state index contributed by atoms with van der Waals surface area (Å²) in [6.45, 7) is 0. The van der Waals surface area contributed by atoms with Gasteiger partial charge in [-0.3, -0.25) is 4.79 Å². The number of aromatic amines is 1. The smallest absolute Gasteiger partial charge is 0.253 e. The Hall–Kier alpha value is -1.69. The molecular formula is C7H6N4OS. The number of H-pyrrole nitrogens is 1. The number of rotatable bonds is 1. The van der Waals surface area contributed by atoms with Crippen LogP contribution in [-0.4, -0.2) is 15.0 Å². The molecule has 0 aromatic carbocycles. The molecular weight excluding hydrogens is 188 g/mol. The van der Waals surface area contributed by atoms with E-state index in [4.69, 9.17) is 5.73 Å². The molecule has 0 aliphatic rings. The van der Waals surface area contributed by atoms with Crippen LogP contribution < -0.4 is 11.3 Å². The number of nitrogens with two attached hydrogens (primary N) is 1. The van der Waals surface area contributed by atoms with Crippen molar-refractivity contribution in [2.75, 3.05) is 5.73 Å². The van der Waals surface area contributed by atoms with E-state index >= 15 is 0 Å². The van der Waals surface area contributed by atoms with Crippen molar-refractivity contribution < 1.29 is 0 Å². The molecule has 6 heteroatoms. The van der Waals surface area contributed by atoms with Crippen molar-refractivity contribution in [2.24, 2.45) is 0 Å². The molecule has 2 aromatic heterocycles. The molecule has 3 N–H and O–H groups in total. The normalized spacial score (nSPS) is 10.2. The van der Waals surface area contributed by atoms with E-state index in [1.165, 1.54) is 17.4 Å². The zero-order valence-electron chi connectivity index (χ0n) is 6.52. The van der Waals surface area contributed by atoms with Gasteiger partial charge in [-0.25, -0.2) is 9.97 Å². The maximum absolute atomic E-state index is 11.0. The second-order valence-corrected chi connectivity index (χ2v) is 3.25. The molecule has 0 aliphatic heterocycles. The van der Waals surface area contributed by atoms with E-state index in [1.807, 2.05) is 0 Å². The van der Waals surface area contributed by atoms with E-state index in [2.05, 4.69) is 15.0 Å². The predicted molar refractivity (Wildman–Crippen MR) is 50.4 cm³/mol. The highest BCUT2D eigenvalue weighted by molar-refractivity contribution is 7.12. The van der Waals surface area contributed by atoms with Crippen LogP contribution in [0.4, 0.5) is 5.82 Å². The SMILES string of the molecule is Nc1cc(=O)[nH]c(-c2nccs2)n1. The van der Waals surface area contributed by atoms with E-state index in [0.717, 1.165) is 0 Å². The molecule has 2 aromatic rings. The van der Waals surface area contributed by atoms with Gasteiger partial charge in [0, 0.05) is 17.6 Å². The fraction of sp³-hybridized carbons (Fsp3) is 0. The summed E-state index contributed by atoms with van der Waals surface area (Å²) >= 11 is 1.39. The van der Waals surface area contributed by atoms with Crippen molar-refractivity contribution in [1.82, 2.24) is 15.0 Å². The number of hydrogen-bond donors (Lipinski definition) is 2. The van der Waals surface area contributed by atoms with Gasteiger partial charge in [-0.05, 0) is 0 Å². The Morgan fingerprint density at radius 3 is 3.00 bits per heavy atom. The van der Waals surface area contributed by atoms with E-state index in [-0.39, 0.29) is 11.4 Å². The third kappa shape index (κ3) is 1.57. The summed E-state index contributed by atoms with van der Waals surface area (Å²) in [4.78, 5) is 21.5. The number of nitrogens with zero attached hydrogens (tertiary/aromatic N) is 2. The van der Waals surface area contributed by atoms with Crippen molar-refractivity contribution >= 4 is 17.2 Å². The minimum atomic E-state index is -0.266. The van der Waals surface area contributed by atoms with Gasteiger partial charge in [-0.1, -0.05) is 0 Å². The Kier molecular flexibility index (Phi) is 1.82. The molecule has 0 aliphatic carbocycles. The number of nitrogen functional groups attached to an aromatic ring is 1. The number of nitrogens with one attached hydrogen (secondary N) is 1. The van der Waals surface area contributed by atoms with Crippen LogP contribution in [0.15, 0.2) is 22.4 Å². The highest BCUT2D eigenvalue weighted by Gasteiger charge is 2.03. The standard InChI is InChI=1S/C7H6N4OS/c8-4-3-5(12)11-6(10-4)7-9-1-2-13-7/h1-3H,(H3,8,10,11,12). The quantitative estimate of drug-likeness (QED) is 0.691. The number of hydrogen-bond acceptors (Lipinski definition) is 5. The minimum Gasteiger partial charge on any atom is -0.383 e. The summed E-state index contributed by atoms with van der Waals surface area (Å²) in [6, 6.07) is 1.23. The van der Waals surface area contributed by atoms with Gasteiger partial charge in [0.15, 0.2) is 10.8 Å². The van der Waals surface area contributed by atoms with Gasteiger partial charge in [0.1, 0.15) is 5.82 Å². The lowest BCUT2D eigenvalue weighted by Crippen LogP contribution is -2.09. The third-order valence-corrected chi connectivity index (χ3v) is 2.18. The second kappa shape index (κ2) is 2.98. The van der Waals surface area contributed by atoms with Crippen LogP contribution in [0, 0.1) is 0 Å². The van der Waals surface area contributed by atoms with Gasteiger partial charge in [0.25, 0.3) is 5.56 Å². The molecule has 2 rings (SSSR count). The Labute approximate surface area is 77.3 Å². The lowest BCUT2D eigenvalue weighted by atomic mass is 10.5. The fourth-order valence-electron chi connectivity index (χ4n) is 0.918. The molecule has 0 unspecified atom stereocenters. The Morgan fingerprint density at radius 1 is 1.54 bits per heavy atom. The average Bonchev–Trinajstić information content (AvgIpc) is 2.53. The van der Waals surface area contributed by atoms with E-state index in [1.54, 1.807) is 11.6 Å². The average molecular weight is 194 g/mol. The molecule has 0 saturated carbocycles. The molecule has 0 bridgehead atoms. The molecule has 0 saturated heterocycles. The highest BCUT2D eigenvalue weighted by Crippen LogP contribution is 2.16. The predicted octanol–water partition coefficient (Wildman–Crippen LogP) is 0.476. The molecule has 66 valence electrons. The molecule has 0 fully saturated rings. The largest absolute Gasteiger partial charge is 0.383 e. The van der Waals surface area contributed by atoms with Gasteiger partial charge >= 0.3 is 0 Å². The zero-order valence-corrected chi connectivity index (χ0v) is 7.34. The van der Waals surface area contributed by atoms with E-state index in [0.29, 0.717) is 10.8 Å². The lowest BCUT2D eigenvalue weighted by molar-refractivity contribution is 1.13. The molecule has 0 atom stereocenters. The topological polar surface area (TPSA) is 84.7 Å². The van der Waals surface area contributed by atoms with Gasteiger partial charge in [-0.2, -0.15) is 0 Å². The monoisotopic (exact) mass is 194 g/mol.